The summed E-state index contributed by atoms with van der Waals surface area (Å²) in [6, 6.07) is 1.25. The van der Waals surface area contributed by atoms with Crippen LogP contribution in [0.2, 0.25) is 0 Å². The van der Waals surface area contributed by atoms with Gasteiger partial charge in [0.15, 0.2) is 0 Å². The second kappa shape index (κ2) is 10.2. The highest BCUT2D eigenvalue weighted by atomic mass is 19.1. The van der Waals surface area contributed by atoms with E-state index in [-0.39, 0.29) is 6.67 Å². The first-order valence-corrected chi connectivity index (χ1v) is 7.25. The normalized spacial score (nSPS) is 10.7. The molecular weight excluding hydrogens is 263 g/mol. The van der Waals surface area contributed by atoms with Gasteiger partial charge in [-0.25, -0.2) is 4.79 Å². The Morgan fingerprint density at radius 1 is 1.00 bits per heavy atom. The molecule has 1 N–H and O–H groups in total. The molecule has 1 aromatic rings. The number of aromatic nitrogens is 2. The van der Waals surface area contributed by atoms with Gasteiger partial charge in [-0.2, -0.15) is 0 Å². The number of nitrogens with one attached hydrogen (secondary N) is 1. The van der Waals surface area contributed by atoms with E-state index in [2.05, 4.69) is 4.98 Å². The van der Waals surface area contributed by atoms with Gasteiger partial charge in [-0.15, -0.1) is 0 Å². The summed E-state index contributed by atoms with van der Waals surface area (Å²) in [5.41, 5.74) is -1.01. The molecule has 6 heteroatoms. The zero-order chi connectivity index (χ0) is 14.6. The highest BCUT2D eigenvalue weighted by Gasteiger charge is 2.00. The average molecular weight is 286 g/mol. The van der Waals surface area contributed by atoms with Crippen LogP contribution in [0, 0.1) is 0 Å². The van der Waals surface area contributed by atoms with E-state index >= 15 is 0 Å². The van der Waals surface area contributed by atoms with Crippen molar-refractivity contribution in [1.29, 1.82) is 0 Å². The molecule has 0 bridgehead atoms. The Kier molecular flexibility index (Phi) is 8.42. The second-order valence-corrected chi connectivity index (χ2v) is 4.77. The molecule has 20 heavy (non-hydrogen) atoms. The number of rotatable bonds is 11. The topological polar surface area (TPSA) is 64.1 Å². The number of aromatic amines is 1. The molecule has 1 aromatic heterocycles. The second-order valence-electron chi connectivity index (χ2n) is 4.77. The summed E-state index contributed by atoms with van der Waals surface area (Å²) in [5.74, 6) is 0. The SMILES string of the molecule is O=c1cc[nH]c(=O)n1OCCCCCCCCCCF. The van der Waals surface area contributed by atoms with Crippen molar-refractivity contribution >= 4 is 0 Å². The number of hydrogen-bond donors (Lipinski definition) is 1. The van der Waals surface area contributed by atoms with Crippen LogP contribution in [0.4, 0.5) is 4.39 Å². The number of hydrogen-bond acceptors (Lipinski definition) is 3. The maximum absolute atomic E-state index is 11.8. The molecule has 0 aliphatic carbocycles. The summed E-state index contributed by atoms with van der Waals surface area (Å²) < 4.78 is 12.6. The van der Waals surface area contributed by atoms with Crippen molar-refractivity contribution in [1.82, 2.24) is 9.71 Å². The van der Waals surface area contributed by atoms with Crippen LogP contribution < -0.4 is 16.1 Å². The number of nitrogens with zero attached hydrogens (tertiary/aromatic N) is 1. The number of unbranched alkanes of at least 4 members (excludes halogenated alkanes) is 7. The van der Waals surface area contributed by atoms with Gasteiger partial charge < -0.3 is 9.82 Å². The Bertz CT molecular complexity index is 442. The summed E-state index contributed by atoms with van der Waals surface area (Å²) in [6.45, 7) is 0.143. The maximum atomic E-state index is 11.8. The number of alkyl halides is 1. The van der Waals surface area contributed by atoms with Crippen molar-refractivity contribution in [2.45, 2.75) is 51.4 Å². The minimum absolute atomic E-state index is 0.213. The minimum atomic E-state index is -0.551. The Morgan fingerprint density at radius 3 is 2.20 bits per heavy atom. The molecule has 0 radical (unpaired) electrons. The van der Waals surface area contributed by atoms with E-state index in [1.807, 2.05) is 0 Å². The van der Waals surface area contributed by atoms with E-state index in [9.17, 15) is 14.0 Å². The molecule has 114 valence electrons. The molecule has 1 heterocycles. The smallest absolute Gasteiger partial charge is 0.361 e. The minimum Gasteiger partial charge on any atom is -0.406 e. The Labute approximate surface area is 117 Å². The summed E-state index contributed by atoms with van der Waals surface area (Å²) >= 11 is 0. The van der Waals surface area contributed by atoms with Crippen LogP contribution in [0.15, 0.2) is 21.9 Å². The van der Waals surface area contributed by atoms with Crippen molar-refractivity contribution in [3.63, 3.8) is 0 Å². The lowest BCUT2D eigenvalue weighted by Crippen LogP contribution is -2.39. The van der Waals surface area contributed by atoms with E-state index in [1.165, 1.54) is 12.3 Å². The van der Waals surface area contributed by atoms with Gasteiger partial charge in [0.25, 0.3) is 5.56 Å². The molecule has 0 amide bonds. The standard InChI is InChI=1S/C14H23FN2O3/c15-10-7-5-3-1-2-4-6-8-12-20-17-13(18)9-11-16-14(17)19/h9,11H,1-8,10,12H2,(H,16,19). The monoisotopic (exact) mass is 286 g/mol. The lowest BCUT2D eigenvalue weighted by Gasteiger charge is -2.06. The molecule has 0 saturated heterocycles. The number of H-pyrrole nitrogens is 1. The summed E-state index contributed by atoms with van der Waals surface area (Å²) in [5, 5.41) is 0. The fraction of sp³-hybridized carbons (Fsp3) is 0.714. The van der Waals surface area contributed by atoms with Crippen LogP contribution in [-0.4, -0.2) is 23.0 Å². The summed E-state index contributed by atoms with van der Waals surface area (Å²) in [4.78, 5) is 30.1. The fourth-order valence-corrected chi connectivity index (χ4v) is 1.95. The van der Waals surface area contributed by atoms with Crippen LogP contribution >= 0.6 is 0 Å². The molecule has 0 aliphatic heterocycles. The van der Waals surface area contributed by atoms with E-state index in [0.717, 1.165) is 49.7 Å². The highest BCUT2D eigenvalue weighted by molar-refractivity contribution is 4.80. The van der Waals surface area contributed by atoms with Crippen LogP contribution in [0.3, 0.4) is 0 Å². The predicted octanol–water partition coefficient (Wildman–Crippen LogP) is 2.06. The van der Waals surface area contributed by atoms with Gasteiger partial charge in [0.2, 0.25) is 0 Å². The van der Waals surface area contributed by atoms with Crippen LogP contribution in [-0.2, 0) is 0 Å². The third-order valence-electron chi connectivity index (χ3n) is 3.07. The van der Waals surface area contributed by atoms with Gasteiger partial charge in [0, 0.05) is 12.3 Å². The van der Waals surface area contributed by atoms with Gasteiger partial charge in [-0.3, -0.25) is 9.18 Å². The predicted molar refractivity (Wildman–Crippen MR) is 75.7 cm³/mol. The van der Waals surface area contributed by atoms with Gasteiger partial charge in [0.1, 0.15) is 6.61 Å². The van der Waals surface area contributed by atoms with E-state index < -0.39 is 11.2 Å². The van der Waals surface area contributed by atoms with Crippen molar-refractivity contribution in [2.75, 3.05) is 13.3 Å². The molecule has 0 aliphatic rings. The molecule has 1 rings (SSSR count). The first-order valence-electron chi connectivity index (χ1n) is 7.25. The fourth-order valence-electron chi connectivity index (χ4n) is 1.95. The third-order valence-corrected chi connectivity index (χ3v) is 3.07. The van der Waals surface area contributed by atoms with Crippen LogP contribution in [0.25, 0.3) is 0 Å². The lowest BCUT2D eigenvalue weighted by molar-refractivity contribution is 0.0881. The Morgan fingerprint density at radius 2 is 1.60 bits per heavy atom. The zero-order valence-corrected chi connectivity index (χ0v) is 11.8. The lowest BCUT2D eigenvalue weighted by atomic mass is 10.1. The molecule has 0 fully saturated rings. The van der Waals surface area contributed by atoms with Crippen molar-refractivity contribution in [2.24, 2.45) is 0 Å². The van der Waals surface area contributed by atoms with Gasteiger partial charge >= 0.3 is 5.69 Å². The molecule has 5 nitrogen and oxygen atoms in total. The van der Waals surface area contributed by atoms with Crippen molar-refractivity contribution in [3.8, 4) is 0 Å². The molecule has 0 saturated carbocycles. The van der Waals surface area contributed by atoms with Gasteiger partial charge in [-0.05, 0) is 19.3 Å². The third kappa shape index (κ3) is 6.54. The zero-order valence-electron chi connectivity index (χ0n) is 11.8. The van der Waals surface area contributed by atoms with E-state index in [4.69, 9.17) is 4.84 Å². The molecular formula is C14H23FN2O3. The van der Waals surface area contributed by atoms with E-state index in [0.29, 0.717) is 13.0 Å². The van der Waals surface area contributed by atoms with E-state index in [1.54, 1.807) is 0 Å². The highest BCUT2D eigenvalue weighted by Crippen LogP contribution is 2.08. The molecule has 0 aromatic carbocycles. The largest absolute Gasteiger partial charge is 0.406 e. The van der Waals surface area contributed by atoms with Crippen LogP contribution in [0.5, 0.6) is 0 Å². The Hall–Kier alpha value is -1.59. The first-order chi connectivity index (χ1) is 9.75. The summed E-state index contributed by atoms with van der Waals surface area (Å²) in [7, 11) is 0. The molecule has 0 atom stereocenters. The molecule has 0 unspecified atom stereocenters. The first kappa shape index (κ1) is 16.5. The van der Waals surface area contributed by atoms with Crippen molar-refractivity contribution < 1.29 is 9.23 Å². The molecule has 0 spiro atoms. The van der Waals surface area contributed by atoms with Crippen LogP contribution in [0.1, 0.15) is 51.4 Å². The van der Waals surface area contributed by atoms with Gasteiger partial charge in [0.05, 0.1) is 6.67 Å². The maximum Gasteiger partial charge on any atom is 0.361 e. The average Bonchev–Trinajstić information content (AvgIpc) is 2.43. The van der Waals surface area contributed by atoms with Gasteiger partial charge in [-0.1, -0.05) is 36.8 Å². The van der Waals surface area contributed by atoms with Crippen molar-refractivity contribution in [3.05, 3.63) is 33.1 Å². The quantitative estimate of drug-likeness (QED) is 0.633. The Balaban J connectivity index is 2.03. The number of halogens is 1. The summed E-state index contributed by atoms with van der Waals surface area (Å²) in [6.07, 6.45) is 9.22.